The Kier molecular flexibility index (Phi) is 7.18. The van der Waals surface area contributed by atoms with Crippen LogP contribution in [0.25, 0.3) is 22.3 Å². The van der Waals surface area contributed by atoms with E-state index in [-0.39, 0.29) is 23.9 Å². The molecular weight excluding hydrogens is 464 g/mol. The number of benzene rings is 2. The zero-order valence-electron chi connectivity index (χ0n) is 21.1. The predicted molar refractivity (Wildman–Crippen MR) is 146 cm³/mol. The Morgan fingerprint density at radius 3 is 2.43 bits per heavy atom. The molecular formula is C29H32N6O2. The maximum absolute atomic E-state index is 13.1. The molecule has 0 unspecified atom stereocenters. The van der Waals surface area contributed by atoms with Gasteiger partial charge >= 0.3 is 0 Å². The lowest BCUT2D eigenvalue weighted by atomic mass is 10.0. The number of nitrogens with zero attached hydrogens (tertiary/aromatic N) is 3. The van der Waals surface area contributed by atoms with Crippen LogP contribution in [-0.4, -0.2) is 39.9 Å². The lowest BCUT2D eigenvalue weighted by Gasteiger charge is -2.22. The first-order valence-corrected chi connectivity index (χ1v) is 12.5. The Morgan fingerprint density at radius 2 is 1.76 bits per heavy atom. The third kappa shape index (κ3) is 5.65. The van der Waals surface area contributed by atoms with Gasteiger partial charge < -0.3 is 21.1 Å². The summed E-state index contributed by atoms with van der Waals surface area (Å²) >= 11 is 0. The van der Waals surface area contributed by atoms with Gasteiger partial charge in [-0.25, -0.2) is 4.98 Å². The largest absolute Gasteiger partial charge is 0.388 e. The van der Waals surface area contributed by atoms with E-state index in [1.807, 2.05) is 20.3 Å². The molecule has 2 aromatic heterocycles. The quantitative estimate of drug-likeness (QED) is 0.328. The first-order valence-electron chi connectivity index (χ1n) is 12.5. The van der Waals surface area contributed by atoms with Gasteiger partial charge in [-0.1, -0.05) is 36.4 Å². The average Bonchev–Trinajstić information content (AvgIpc) is 3.56. The summed E-state index contributed by atoms with van der Waals surface area (Å²) in [5, 5.41) is 10.5. The highest BCUT2D eigenvalue weighted by Gasteiger charge is 2.30. The van der Waals surface area contributed by atoms with E-state index in [2.05, 4.69) is 69.2 Å². The topological polar surface area (TPSA) is 107 Å². The van der Waals surface area contributed by atoms with Crippen molar-refractivity contribution in [1.82, 2.24) is 20.1 Å². The Balaban J connectivity index is 1.20. The van der Waals surface area contributed by atoms with Crippen molar-refractivity contribution in [1.29, 1.82) is 0 Å². The molecule has 1 aliphatic rings. The summed E-state index contributed by atoms with van der Waals surface area (Å²) in [6.45, 7) is 0.496. The minimum Gasteiger partial charge on any atom is -0.388 e. The Hall–Kier alpha value is -4.17. The van der Waals surface area contributed by atoms with Gasteiger partial charge in [-0.2, -0.15) is 5.10 Å². The number of aromatic nitrogens is 3. The van der Waals surface area contributed by atoms with Gasteiger partial charge in [-0.3, -0.25) is 9.48 Å². The molecule has 0 radical (unpaired) electrons. The molecule has 1 amide bonds. The molecule has 4 aromatic rings. The molecule has 2 heterocycles. The molecule has 0 saturated heterocycles. The highest BCUT2D eigenvalue weighted by Crippen LogP contribution is 2.27. The number of ether oxygens (including phenoxy) is 1. The first-order chi connectivity index (χ1) is 18.0. The van der Waals surface area contributed by atoms with E-state index in [1.165, 1.54) is 5.56 Å². The van der Waals surface area contributed by atoms with Crippen LogP contribution in [0.3, 0.4) is 0 Å². The van der Waals surface area contributed by atoms with Crippen molar-refractivity contribution in [2.75, 3.05) is 18.1 Å². The number of aryl methyl sites for hydroxylation is 1. The normalized spacial score (nSPS) is 17.0. The number of rotatable bonds is 8. The van der Waals surface area contributed by atoms with Crippen molar-refractivity contribution in [3.8, 4) is 22.3 Å². The lowest BCUT2D eigenvalue weighted by molar-refractivity contribution is 0.0272. The Labute approximate surface area is 216 Å². The van der Waals surface area contributed by atoms with Gasteiger partial charge in [0.1, 0.15) is 5.82 Å². The minimum absolute atomic E-state index is 0.0478. The molecule has 0 bridgehead atoms. The van der Waals surface area contributed by atoms with Crippen molar-refractivity contribution >= 4 is 17.4 Å². The van der Waals surface area contributed by atoms with Gasteiger partial charge in [0.2, 0.25) is 0 Å². The monoisotopic (exact) mass is 496 g/mol. The highest BCUT2D eigenvalue weighted by molar-refractivity contribution is 5.99. The van der Waals surface area contributed by atoms with Gasteiger partial charge in [-0.15, -0.1) is 0 Å². The van der Waals surface area contributed by atoms with E-state index >= 15 is 0 Å². The summed E-state index contributed by atoms with van der Waals surface area (Å²) in [7, 11) is 3.76. The van der Waals surface area contributed by atoms with E-state index in [0.717, 1.165) is 47.2 Å². The molecule has 4 N–H and O–H groups in total. The molecule has 190 valence electrons. The number of nitrogens with two attached hydrogens (primary N) is 1. The third-order valence-electron chi connectivity index (χ3n) is 6.90. The number of nitrogens with one attached hydrogen (secondary N) is 2. The van der Waals surface area contributed by atoms with E-state index in [1.54, 1.807) is 23.1 Å². The standard InChI is InChI=1S/C29H32N6O2/c1-31-24-12-10-21(11-13-24)20-8-6-19(7-9-20)18-37-27-5-3-4-26(27)34-29(36)25-14-22(15-32-28(25)30)23-16-33-35(2)17-23/h6-17,26-27,31H,3-5,18H2,1-2H3,(H2,30,32)(H,34,36)/t26-,27-/m0/s1. The molecule has 2 aromatic carbocycles. The molecule has 5 rings (SSSR count). The summed E-state index contributed by atoms with van der Waals surface area (Å²) in [4.78, 5) is 17.4. The second-order valence-corrected chi connectivity index (χ2v) is 9.44. The summed E-state index contributed by atoms with van der Waals surface area (Å²) in [6, 6.07) is 18.5. The third-order valence-corrected chi connectivity index (χ3v) is 6.90. The molecule has 1 fully saturated rings. The highest BCUT2D eigenvalue weighted by atomic mass is 16.5. The second kappa shape index (κ2) is 10.8. The van der Waals surface area contributed by atoms with Crippen LogP contribution in [0, 0.1) is 0 Å². The van der Waals surface area contributed by atoms with Crippen molar-refractivity contribution in [2.45, 2.75) is 38.0 Å². The SMILES string of the molecule is CNc1ccc(-c2ccc(CO[C@H]3CCC[C@@H]3NC(=O)c3cc(-c4cnn(C)c4)cnc3N)cc2)cc1. The number of hydrogen-bond donors (Lipinski definition) is 3. The predicted octanol–water partition coefficient (Wildman–Crippen LogP) is 4.64. The second-order valence-electron chi connectivity index (χ2n) is 9.44. The van der Waals surface area contributed by atoms with Crippen LogP contribution in [0.2, 0.25) is 0 Å². The van der Waals surface area contributed by atoms with Crippen molar-refractivity contribution in [3.63, 3.8) is 0 Å². The van der Waals surface area contributed by atoms with Crippen LogP contribution in [0.1, 0.15) is 35.2 Å². The fourth-order valence-electron chi connectivity index (χ4n) is 4.75. The molecule has 8 nitrogen and oxygen atoms in total. The zero-order chi connectivity index (χ0) is 25.8. The number of pyridine rings is 1. The lowest BCUT2D eigenvalue weighted by Crippen LogP contribution is -2.41. The molecule has 1 aliphatic carbocycles. The number of carbonyl (C=O) groups is 1. The summed E-state index contributed by atoms with van der Waals surface area (Å²) in [6.07, 6.45) is 8.00. The fraction of sp³-hybridized carbons (Fsp3) is 0.276. The van der Waals surface area contributed by atoms with Gasteiger partial charge in [-0.05, 0) is 54.2 Å². The molecule has 0 aliphatic heterocycles. The van der Waals surface area contributed by atoms with Crippen LogP contribution in [0.4, 0.5) is 11.5 Å². The molecule has 8 heteroatoms. The maximum atomic E-state index is 13.1. The van der Waals surface area contributed by atoms with Crippen LogP contribution < -0.4 is 16.4 Å². The van der Waals surface area contributed by atoms with Gasteiger partial charge in [0.15, 0.2) is 0 Å². The fourth-order valence-corrected chi connectivity index (χ4v) is 4.75. The van der Waals surface area contributed by atoms with Crippen molar-refractivity contribution in [3.05, 3.63) is 84.3 Å². The van der Waals surface area contributed by atoms with Crippen LogP contribution >= 0.6 is 0 Å². The average molecular weight is 497 g/mol. The van der Waals surface area contributed by atoms with E-state index < -0.39 is 0 Å². The van der Waals surface area contributed by atoms with E-state index in [0.29, 0.717) is 12.2 Å². The number of nitrogen functional groups attached to an aromatic ring is 1. The van der Waals surface area contributed by atoms with Crippen LogP contribution in [0.5, 0.6) is 0 Å². The Bertz CT molecular complexity index is 1360. The number of anilines is 2. The van der Waals surface area contributed by atoms with Gasteiger partial charge in [0.25, 0.3) is 5.91 Å². The van der Waals surface area contributed by atoms with Gasteiger partial charge in [0.05, 0.1) is 30.5 Å². The van der Waals surface area contributed by atoms with Crippen LogP contribution in [-0.2, 0) is 18.4 Å². The number of hydrogen-bond acceptors (Lipinski definition) is 6. The summed E-state index contributed by atoms with van der Waals surface area (Å²) in [5.74, 6) is -0.0221. The van der Waals surface area contributed by atoms with Crippen molar-refractivity contribution < 1.29 is 9.53 Å². The number of amides is 1. The number of carbonyl (C=O) groups excluding carboxylic acids is 1. The first kappa shape index (κ1) is 24.5. The molecule has 0 spiro atoms. The summed E-state index contributed by atoms with van der Waals surface area (Å²) in [5.41, 5.74) is 12.6. The smallest absolute Gasteiger partial charge is 0.255 e. The summed E-state index contributed by atoms with van der Waals surface area (Å²) < 4.78 is 7.97. The Morgan fingerprint density at radius 1 is 1.03 bits per heavy atom. The molecule has 1 saturated carbocycles. The van der Waals surface area contributed by atoms with Crippen LogP contribution in [0.15, 0.2) is 73.2 Å². The zero-order valence-corrected chi connectivity index (χ0v) is 21.1. The van der Waals surface area contributed by atoms with Crippen molar-refractivity contribution in [2.24, 2.45) is 7.05 Å². The minimum atomic E-state index is -0.232. The van der Waals surface area contributed by atoms with E-state index in [4.69, 9.17) is 10.5 Å². The maximum Gasteiger partial charge on any atom is 0.255 e. The van der Waals surface area contributed by atoms with Gasteiger partial charge in [0, 0.05) is 43.3 Å². The molecule has 2 atom stereocenters. The van der Waals surface area contributed by atoms with E-state index in [9.17, 15) is 4.79 Å². The molecule has 37 heavy (non-hydrogen) atoms.